The van der Waals surface area contributed by atoms with Crippen LogP contribution in [0.4, 0.5) is 4.39 Å². The fourth-order valence-electron chi connectivity index (χ4n) is 3.08. The van der Waals surface area contributed by atoms with Crippen LogP contribution in [0.1, 0.15) is 22.6 Å². The molecule has 1 N–H and O–H groups in total. The monoisotopic (exact) mass is 333 g/mol. The normalized spacial score (nSPS) is 18.2. The second kappa shape index (κ2) is 5.66. The minimum Gasteiger partial charge on any atom is -0.316 e. The first kappa shape index (κ1) is 13.8. The summed E-state index contributed by atoms with van der Waals surface area (Å²) in [4.78, 5) is 0. The van der Waals surface area contributed by atoms with Crippen LogP contribution in [0.25, 0.3) is 0 Å². The van der Waals surface area contributed by atoms with Crippen LogP contribution in [0.3, 0.4) is 0 Å². The number of hydrogen-bond acceptors (Lipinski definition) is 1. The Hall–Kier alpha value is -1.19. The van der Waals surface area contributed by atoms with Gasteiger partial charge in [-0.25, -0.2) is 4.39 Å². The van der Waals surface area contributed by atoms with Crippen LogP contribution in [-0.4, -0.2) is 13.1 Å². The van der Waals surface area contributed by atoms with E-state index in [4.69, 9.17) is 0 Å². The zero-order chi connectivity index (χ0) is 14.1. The van der Waals surface area contributed by atoms with Crippen LogP contribution >= 0.6 is 15.9 Å². The van der Waals surface area contributed by atoms with E-state index in [1.165, 1.54) is 17.2 Å². The smallest absolute Gasteiger partial charge is 0.124 e. The molecule has 2 aromatic carbocycles. The molecule has 0 saturated heterocycles. The molecule has 104 valence electrons. The minimum absolute atomic E-state index is 0.182. The third-order valence-corrected chi connectivity index (χ3v) is 4.59. The molecule has 0 spiro atoms. The third kappa shape index (κ3) is 2.65. The van der Waals surface area contributed by atoms with Gasteiger partial charge in [0.1, 0.15) is 5.82 Å². The third-order valence-electron chi connectivity index (χ3n) is 4.13. The van der Waals surface area contributed by atoms with E-state index in [-0.39, 0.29) is 5.82 Å². The largest absolute Gasteiger partial charge is 0.316 e. The van der Waals surface area contributed by atoms with Gasteiger partial charge in [-0.2, -0.15) is 0 Å². The van der Waals surface area contributed by atoms with Gasteiger partial charge in [-0.1, -0.05) is 40.2 Å². The van der Waals surface area contributed by atoms with Gasteiger partial charge >= 0.3 is 0 Å². The average molecular weight is 334 g/mol. The molecule has 1 nitrogen and oxygen atoms in total. The topological polar surface area (TPSA) is 12.0 Å². The highest BCUT2D eigenvalue weighted by Gasteiger charge is 2.31. The van der Waals surface area contributed by atoms with E-state index in [0.717, 1.165) is 22.9 Å². The summed E-state index contributed by atoms with van der Waals surface area (Å²) in [5.41, 5.74) is 3.90. The molecule has 2 unspecified atom stereocenters. The molecule has 3 heteroatoms. The molecule has 0 radical (unpaired) electrons. The number of rotatable bonds is 4. The van der Waals surface area contributed by atoms with Crippen molar-refractivity contribution in [2.75, 3.05) is 7.05 Å². The molecule has 0 fully saturated rings. The second-order valence-corrected chi connectivity index (χ2v) is 6.30. The van der Waals surface area contributed by atoms with Gasteiger partial charge in [-0.15, -0.1) is 0 Å². The van der Waals surface area contributed by atoms with Crippen molar-refractivity contribution in [1.29, 1.82) is 0 Å². The van der Waals surface area contributed by atoms with Crippen molar-refractivity contribution in [2.45, 2.75) is 24.8 Å². The zero-order valence-corrected chi connectivity index (χ0v) is 13.0. The SMILES string of the molecule is CNC(Cc1cc(F)cc(Br)c1)C1Cc2ccccc21. The number of fused-ring (bicyclic) bond motifs is 1. The summed E-state index contributed by atoms with van der Waals surface area (Å²) in [7, 11) is 1.99. The van der Waals surface area contributed by atoms with E-state index in [2.05, 4.69) is 45.5 Å². The van der Waals surface area contributed by atoms with Crippen LogP contribution in [0, 0.1) is 5.82 Å². The van der Waals surface area contributed by atoms with E-state index >= 15 is 0 Å². The summed E-state index contributed by atoms with van der Waals surface area (Å²) in [5.74, 6) is 0.344. The number of nitrogens with one attached hydrogen (secondary N) is 1. The first-order chi connectivity index (χ1) is 9.67. The highest BCUT2D eigenvalue weighted by molar-refractivity contribution is 9.10. The molecule has 0 saturated carbocycles. The average Bonchev–Trinajstić information content (AvgIpc) is 2.38. The lowest BCUT2D eigenvalue weighted by Crippen LogP contribution is -2.39. The number of hydrogen-bond donors (Lipinski definition) is 1. The Morgan fingerprint density at radius 1 is 1.30 bits per heavy atom. The van der Waals surface area contributed by atoms with Gasteiger partial charge in [0.05, 0.1) is 0 Å². The van der Waals surface area contributed by atoms with Crippen molar-refractivity contribution in [3.8, 4) is 0 Å². The van der Waals surface area contributed by atoms with Gasteiger partial charge in [0.15, 0.2) is 0 Å². The number of benzene rings is 2. The number of halogens is 2. The molecule has 0 aromatic heterocycles. The second-order valence-electron chi connectivity index (χ2n) is 5.39. The lowest BCUT2D eigenvalue weighted by molar-refractivity contribution is 0.422. The van der Waals surface area contributed by atoms with Crippen LogP contribution in [0.2, 0.25) is 0 Å². The molecule has 2 aromatic rings. The first-order valence-electron chi connectivity index (χ1n) is 6.87. The fourth-order valence-corrected chi connectivity index (χ4v) is 3.60. The molecule has 0 heterocycles. The maximum absolute atomic E-state index is 13.5. The Labute approximate surface area is 127 Å². The summed E-state index contributed by atoms with van der Waals surface area (Å²) < 4.78 is 14.3. The summed E-state index contributed by atoms with van der Waals surface area (Å²) in [6.45, 7) is 0. The number of likely N-dealkylation sites (N-methyl/N-ethyl adjacent to an activating group) is 1. The predicted molar refractivity (Wildman–Crippen MR) is 83.5 cm³/mol. The van der Waals surface area contributed by atoms with Crippen molar-refractivity contribution in [1.82, 2.24) is 5.32 Å². The van der Waals surface area contributed by atoms with E-state index in [9.17, 15) is 4.39 Å². The first-order valence-corrected chi connectivity index (χ1v) is 7.66. The van der Waals surface area contributed by atoms with Gasteiger partial charge in [0.2, 0.25) is 0 Å². The highest BCUT2D eigenvalue weighted by atomic mass is 79.9. The maximum atomic E-state index is 13.5. The summed E-state index contributed by atoms with van der Waals surface area (Å²) in [6.07, 6.45) is 1.95. The molecular formula is C17H17BrFN. The molecular weight excluding hydrogens is 317 g/mol. The lowest BCUT2D eigenvalue weighted by Gasteiger charge is -2.36. The highest BCUT2D eigenvalue weighted by Crippen LogP contribution is 2.38. The van der Waals surface area contributed by atoms with Crippen molar-refractivity contribution in [3.63, 3.8) is 0 Å². The molecule has 1 aliphatic carbocycles. The summed E-state index contributed by atoms with van der Waals surface area (Å²) in [6, 6.07) is 14.0. The quantitative estimate of drug-likeness (QED) is 0.889. The van der Waals surface area contributed by atoms with Gasteiger partial charge in [0, 0.05) is 16.4 Å². The van der Waals surface area contributed by atoms with Crippen molar-refractivity contribution in [3.05, 3.63) is 69.4 Å². The molecule has 1 aliphatic rings. The molecule has 0 aliphatic heterocycles. The van der Waals surface area contributed by atoms with Crippen LogP contribution in [0.5, 0.6) is 0 Å². The van der Waals surface area contributed by atoms with E-state index in [0.29, 0.717) is 12.0 Å². The standard InChI is InChI=1S/C17H17BrFN/c1-20-17(8-11-6-13(18)10-14(19)7-11)16-9-12-4-2-3-5-15(12)16/h2-7,10,16-17,20H,8-9H2,1H3. The van der Waals surface area contributed by atoms with Crippen LogP contribution in [0.15, 0.2) is 46.9 Å². The fraction of sp³-hybridized carbons (Fsp3) is 0.294. The molecule has 3 rings (SSSR count). The van der Waals surface area contributed by atoms with Gasteiger partial charge in [-0.3, -0.25) is 0 Å². The Balaban J connectivity index is 1.79. The zero-order valence-electron chi connectivity index (χ0n) is 11.4. The van der Waals surface area contributed by atoms with Crippen LogP contribution in [-0.2, 0) is 12.8 Å². The maximum Gasteiger partial charge on any atom is 0.124 e. The van der Waals surface area contributed by atoms with Gasteiger partial charge in [0.25, 0.3) is 0 Å². The van der Waals surface area contributed by atoms with Crippen molar-refractivity contribution < 1.29 is 4.39 Å². The molecule has 2 atom stereocenters. The molecule has 0 bridgehead atoms. The lowest BCUT2D eigenvalue weighted by atomic mass is 9.72. The van der Waals surface area contributed by atoms with Crippen molar-refractivity contribution in [2.24, 2.45) is 0 Å². The van der Waals surface area contributed by atoms with E-state index in [1.807, 2.05) is 13.1 Å². The van der Waals surface area contributed by atoms with Gasteiger partial charge < -0.3 is 5.32 Å². The summed E-state index contributed by atoms with van der Waals surface area (Å²) in [5, 5.41) is 3.39. The minimum atomic E-state index is -0.182. The Kier molecular flexibility index (Phi) is 3.90. The van der Waals surface area contributed by atoms with Crippen LogP contribution < -0.4 is 5.32 Å². The molecule has 0 amide bonds. The summed E-state index contributed by atoms with van der Waals surface area (Å²) >= 11 is 3.36. The Morgan fingerprint density at radius 3 is 2.80 bits per heavy atom. The van der Waals surface area contributed by atoms with E-state index in [1.54, 1.807) is 6.07 Å². The van der Waals surface area contributed by atoms with Gasteiger partial charge in [-0.05, 0) is 54.8 Å². The molecule has 20 heavy (non-hydrogen) atoms. The Bertz CT molecular complexity index is 606. The predicted octanol–water partition coefficient (Wildman–Crippen LogP) is 4.06. The van der Waals surface area contributed by atoms with E-state index < -0.39 is 0 Å². The van der Waals surface area contributed by atoms with Crippen molar-refractivity contribution >= 4 is 15.9 Å². The Morgan fingerprint density at radius 2 is 2.10 bits per heavy atom.